The van der Waals surface area contributed by atoms with E-state index >= 15 is 0 Å². The van der Waals surface area contributed by atoms with Gasteiger partial charge in [-0.2, -0.15) is 0 Å². The van der Waals surface area contributed by atoms with Crippen molar-refractivity contribution in [1.82, 2.24) is 5.32 Å². The molecule has 0 spiro atoms. The van der Waals surface area contributed by atoms with Crippen LogP contribution >= 0.6 is 0 Å². The van der Waals surface area contributed by atoms with Crippen molar-refractivity contribution in [3.05, 3.63) is 24.3 Å². The Hall–Kier alpha value is -2.37. The lowest BCUT2D eigenvalue weighted by Gasteiger charge is -2.19. The second-order valence-electron chi connectivity index (χ2n) is 4.72. The highest BCUT2D eigenvalue weighted by atomic mass is 16.2. The molecular formula is C15H21N3O3. The summed E-state index contributed by atoms with van der Waals surface area (Å²) in [5.74, 6) is -2.22. The molecule has 0 radical (unpaired) electrons. The Labute approximate surface area is 124 Å². The largest absolute Gasteiger partial charge is 0.399 e. The van der Waals surface area contributed by atoms with Crippen molar-refractivity contribution >= 4 is 29.1 Å². The monoisotopic (exact) mass is 291 g/mol. The van der Waals surface area contributed by atoms with E-state index in [1.54, 1.807) is 18.2 Å². The number of hydrogen-bond donors (Lipinski definition) is 2. The third-order valence-corrected chi connectivity index (χ3v) is 2.91. The topological polar surface area (TPSA) is 92.5 Å². The Morgan fingerprint density at radius 3 is 2.52 bits per heavy atom. The highest BCUT2D eigenvalue weighted by molar-refractivity contribution is 6.45. The van der Waals surface area contributed by atoms with Gasteiger partial charge in [0.25, 0.3) is 0 Å². The highest BCUT2D eigenvalue weighted by Crippen LogP contribution is 2.18. The zero-order chi connectivity index (χ0) is 15.8. The van der Waals surface area contributed by atoms with E-state index in [0.717, 1.165) is 24.2 Å². The van der Waals surface area contributed by atoms with Crippen LogP contribution in [0.2, 0.25) is 0 Å². The molecule has 6 nitrogen and oxygen atoms in total. The fraction of sp³-hybridized carbons (Fsp3) is 0.400. The molecule has 0 saturated carbocycles. The SMILES string of the molecule is CCCCCNC(=O)C(=O)N(C(C)=O)c1cccc(N)c1. The van der Waals surface area contributed by atoms with Crippen LogP contribution in [0.4, 0.5) is 11.4 Å². The number of benzene rings is 1. The number of unbranched alkanes of at least 4 members (excludes halogenated alkanes) is 2. The van der Waals surface area contributed by atoms with Gasteiger partial charge in [-0.05, 0) is 24.6 Å². The minimum atomic E-state index is -0.899. The number of nitrogens with one attached hydrogen (secondary N) is 1. The van der Waals surface area contributed by atoms with Crippen molar-refractivity contribution in [3.8, 4) is 0 Å². The highest BCUT2D eigenvalue weighted by Gasteiger charge is 2.26. The number of hydrogen-bond acceptors (Lipinski definition) is 4. The van der Waals surface area contributed by atoms with Crippen LogP contribution in [-0.4, -0.2) is 24.3 Å². The molecule has 0 heterocycles. The summed E-state index contributed by atoms with van der Waals surface area (Å²) in [4.78, 5) is 36.4. The van der Waals surface area contributed by atoms with Crippen molar-refractivity contribution in [2.45, 2.75) is 33.1 Å². The maximum atomic E-state index is 12.1. The number of nitrogens with zero attached hydrogens (tertiary/aromatic N) is 1. The minimum absolute atomic E-state index is 0.288. The van der Waals surface area contributed by atoms with Crippen molar-refractivity contribution in [2.75, 3.05) is 17.2 Å². The quantitative estimate of drug-likeness (QED) is 0.488. The molecule has 3 amide bonds. The maximum Gasteiger partial charge on any atom is 0.323 e. The second-order valence-corrected chi connectivity index (χ2v) is 4.72. The molecule has 0 aliphatic heterocycles. The minimum Gasteiger partial charge on any atom is -0.399 e. The first-order chi connectivity index (χ1) is 9.97. The summed E-state index contributed by atoms with van der Waals surface area (Å²) < 4.78 is 0. The molecule has 1 rings (SSSR count). The van der Waals surface area contributed by atoms with Crippen molar-refractivity contribution < 1.29 is 14.4 Å². The molecule has 0 aliphatic carbocycles. The molecule has 0 aliphatic rings. The lowest BCUT2D eigenvalue weighted by atomic mass is 10.2. The third-order valence-electron chi connectivity index (χ3n) is 2.91. The summed E-state index contributed by atoms with van der Waals surface area (Å²) in [5, 5.41) is 2.52. The van der Waals surface area contributed by atoms with Crippen molar-refractivity contribution in [1.29, 1.82) is 0 Å². The number of nitrogens with two attached hydrogens (primary N) is 1. The van der Waals surface area contributed by atoms with E-state index in [1.165, 1.54) is 13.0 Å². The van der Waals surface area contributed by atoms with Gasteiger partial charge >= 0.3 is 11.8 Å². The van der Waals surface area contributed by atoms with E-state index in [9.17, 15) is 14.4 Å². The average molecular weight is 291 g/mol. The summed E-state index contributed by atoms with van der Waals surface area (Å²) >= 11 is 0. The van der Waals surface area contributed by atoms with Crippen LogP contribution in [0.25, 0.3) is 0 Å². The predicted octanol–water partition coefficient (Wildman–Crippen LogP) is 1.45. The van der Waals surface area contributed by atoms with Gasteiger partial charge in [-0.15, -0.1) is 0 Å². The van der Waals surface area contributed by atoms with E-state index < -0.39 is 17.7 Å². The molecule has 6 heteroatoms. The van der Waals surface area contributed by atoms with Gasteiger partial charge in [-0.25, -0.2) is 4.90 Å². The van der Waals surface area contributed by atoms with Crippen molar-refractivity contribution in [3.63, 3.8) is 0 Å². The number of carbonyl (C=O) groups excluding carboxylic acids is 3. The van der Waals surface area contributed by atoms with E-state index in [4.69, 9.17) is 5.73 Å². The van der Waals surface area contributed by atoms with Gasteiger partial charge in [0.1, 0.15) is 0 Å². The lowest BCUT2D eigenvalue weighted by molar-refractivity contribution is -0.139. The molecule has 3 N–H and O–H groups in total. The van der Waals surface area contributed by atoms with Gasteiger partial charge < -0.3 is 11.1 Å². The molecule has 0 atom stereocenters. The predicted molar refractivity (Wildman–Crippen MR) is 81.6 cm³/mol. The smallest absolute Gasteiger partial charge is 0.323 e. The Morgan fingerprint density at radius 1 is 1.24 bits per heavy atom. The number of rotatable bonds is 5. The number of nitrogen functional groups attached to an aromatic ring is 1. The summed E-state index contributed by atoms with van der Waals surface area (Å²) in [7, 11) is 0. The van der Waals surface area contributed by atoms with E-state index in [2.05, 4.69) is 5.32 Å². The third kappa shape index (κ3) is 4.91. The zero-order valence-electron chi connectivity index (χ0n) is 12.4. The Kier molecular flexibility index (Phi) is 6.39. The molecule has 0 unspecified atom stereocenters. The Balaban J connectivity index is 2.79. The number of amides is 3. The van der Waals surface area contributed by atoms with Gasteiger partial charge in [0.05, 0.1) is 5.69 Å². The lowest BCUT2D eigenvalue weighted by Crippen LogP contribution is -2.45. The zero-order valence-corrected chi connectivity index (χ0v) is 12.4. The molecule has 1 aromatic rings. The van der Waals surface area contributed by atoms with E-state index in [0.29, 0.717) is 12.2 Å². The normalized spacial score (nSPS) is 10.0. The molecule has 21 heavy (non-hydrogen) atoms. The van der Waals surface area contributed by atoms with E-state index in [-0.39, 0.29) is 5.69 Å². The summed E-state index contributed by atoms with van der Waals surface area (Å²) in [6.45, 7) is 3.69. The molecule has 0 bridgehead atoms. The van der Waals surface area contributed by atoms with Gasteiger partial charge in [0.2, 0.25) is 5.91 Å². The van der Waals surface area contributed by atoms with Crippen LogP contribution in [0.5, 0.6) is 0 Å². The van der Waals surface area contributed by atoms with Crippen LogP contribution in [0.3, 0.4) is 0 Å². The summed E-state index contributed by atoms with van der Waals surface area (Å²) in [6, 6.07) is 6.29. The van der Waals surface area contributed by atoms with Gasteiger partial charge in [0.15, 0.2) is 0 Å². The number of anilines is 2. The first-order valence-electron chi connectivity index (χ1n) is 6.95. The fourth-order valence-electron chi connectivity index (χ4n) is 1.86. The molecule has 0 saturated heterocycles. The molecular weight excluding hydrogens is 270 g/mol. The van der Waals surface area contributed by atoms with Crippen LogP contribution in [-0.2, 0) is 14.4 Å². The summed E-state index contributed by atoms with van der Waals surface area (Å²) in [5.41, 5.74) is 6.34. The van der Waals surface area contributed by atoms with E-state index in [1.807, 2.05) is 6.92 Å². The molecule has 1 aromatic carbocycles. The first-order valence-corrected chi connectivity index (χ1v) is 6.95. The molecule has 0 fully saturated rings. The van der Waals surface area contributed by atoms with Crippen LogP contribution in [0.1, 0.15) is 33.1 Å². The summed E-state index contributed by atoms with van der Waals surface area (Å²) in [6.07, 6.45) is 2.79. The van der Waals surface area contributed by atoms with Gasteiger partial charge in [-0.3, -0.25) is 14.4 Å². The van der Waals surface area contributed by atoms with Crippen molar-refractivity contribution in [2.24, 2.45) is 0 Å². The number of imide groups is 1. The van der Waals surface area contributed by atoms with Crippen LogP contribution < -0.4 is 16.0 Å². The Morgan fingerprint density at radius 2 is 1.95 bits per heavy atom. The van der Waals surface area contributed by atoms with Crippen LogP contribution in [0, 0.1) is 0 Å². The van der Waals surface area contributed by atoms with Crippen LogP contribution in [0.15, 0.2) is 24.3 Å². The first kappa shape index (κ1) is 16.7. The number of carbonyl (C=O) groups is 3. The maximum absolute atomic E-state index is 12.1. The fourth-order valence-corrected chi connectivity index (χ4v) is 1.86. The average Bonchev–Trinajstić information content (AvgIpc) is 2.43. The Bertz CT molecular complexity index is 529. The van der Waals surface area contributed by atoms with Gasteiger partial charge in [-0.1, -0.05) is 25.8 Å². The standard InChI is InChI=1S/C15H21N3O3/c1-3-4-5-9-17-14(20)15(21)18(11(2)19)13-8-6-7-12(16)10-13/h6-8,10H,3-5,9,16H2,1-2H3,(H,17,20). The molecule has 114 valence electrons. The second kappa shape index (κ2) is 8.04. The van der Waals surface area contributed by atoms with Gasteiger partial charge in [0, 0.05) is 19.2 Å². The molecule has 0 aromatic heterocycles.